The van der Waals surface area contributed by atoms with Crippen LogP contribution in [0.4, 0.5) is 0 Å². The standard InChI is InChI=1S/C13H21N3/c1-8(2)7-11-9-3-5-12-13(15-16-14-12)6-4-10(9)11/h8-11H,3-7H2,1-2H3,(H,14,15,16). The van der Waals surface area contributed by atoms with Crippen molar-refractivity contribution in [2.75, 3.05) is 0 Å². The minimum atomic E-state index is 0.857. The molecule has 0 amide bonds. The molecular weight excluding hydrogens is 198 g/mol. The number of aryl methyl sites for hydroxylation is 2. The van der Waals surface area contributed by atoms with Crippen LogP contribution >= 0.6 is 0 Å². The van der Waals surface area contributed by atoms with Gasteiger partial charge in [0.05, 0.1) is 11.4 Å². The van der Waals surface area contributed by atoms with Gasteiger partial charge in [-0.1, -0.05) is 19.1 Å². The largest absolute Gasteiger partial charge is 0.262 e. The number of H-pyrrole nitrogens is 1. The fraction of sp³-hybridized carbons (Fsp3) is 0.846. The lowest BCUT2D eigenvalue weighted by atomic mass is 10.0. The Morgan fingerprint density at radius 1 is 1.25 bits per heavy atom. The lowest BCUT2D eigenvalue weighted by molar-refractivity contribution is 0.493. The van der Waals surface area contributed by atoms with Gasteiger partial charge in [-0.25, -0.2) is 0 Å². The number of hydrogen-bond acceptors (Lipinski definition) is 2. The van der Waals surface area contributed by atoms with Crippen molar-refractivity contribution >= 4 is 0 Å². The number of nitrogens with zero attached hydrogens (tertiary/aromatic N) is 2. The van der Waals surface area contributed by atoms with E-state index in [1.807, 2.05) is 0 Å². The molecular formula is C13H21N3. The SMILES string of the molecule is CC(C)C[C@H]1C2CCc3nn[nH]c3CCC21. The molecule has 3 atom stereocenters. The second kappa shape index (κ2) is 3.86. The van der Waals surface area contributed by atoms with Crippen LogP contribution in [0.2, 0.25) is 0 Å². The Labute approximate surface area is 97.0 Å². The Morgan fingerprint density at radius 3 is 2.75 bits per heavy atom. The fourth-order valence-electron chi connectivity index (χ4n) is 3.56. The van der Waals surface area contributed by atoms with Gasteiger partial charge in [-0.05, 0) is 55.8 Å². The summed E-state index contributed by atoms with van der Waals surface area (Å²) in [5.41, 5.74) is 2.53. The molecule has 2 aliphatic rings. The molecule has 0 saturated heterocycles. The molecule has 16 heavy (non-hydrogen) atoms. The van der Waals surface area contributed by atoms with Gasteiger partial charge >= 0.3 is 0 Å². The van der Waals surface area contributed by atoms with Crippen LogP contribution in [-0.4, -0.2) is 15.4 Å². The van der Waals surface area contributed by atoms with E-state index < -0.39 is 0 Å². The molecule has 3 heteroatoms. The Bertz CT molecular complexity index is 341. The fourth-order valence-corrected chi connectivity index (χ4v) is 3.56. The van der Waals surface area contributed by atoms with Gasteiger partial charge in [0, 0.05) is 0 Å². The highest BCUT2D eigenvalue weighted by Crippen LogP contribution is 2.55. The predicted octanol–water partition coefficient (Wildman–Crippen LogP) is 2.59. The minimum absolute atomic E-state index is 0.857. The third-order valence-corrected chi connectivity index (χ3v) is 4.40. The smallest absolute Gasteiger partial charge is 0.0856 e. The molecule has 0 aromatic carbocycles. The van der Waals surface area contributed by atoms with Gasteiger partial charge in [0.15, 0.2) is 0 Å². The molecule has 1 saturated carbocycles. The predicted molar refractivity (Wildman–Crippen MR) is 62.9 cm³/mol. The van der Waals surface area contributed by atoms with Crippen molar-refractivity contribution < 1.29 is 0 Å². The third kappa shape index (κ3) is 1.76. The normalized spacial score (nSPS) is 32.8. The van der Waals surface area contributed by atoms with Gasteiger partial charge in [0.25, 0.3) is 0 Å². The van der Waals surface area contributed by atoms with Gasteiger partial charge in [-0.2, -0.15) is 0 Å². The molecule has 1 N–H and O–H groups in total. The molecule has 1 heterocycles. The van der Waals surface area contributed by atoms with Crippen molar-refractivity contribution in [2.45, 2.75) is 46.0 Å². The molecule has 1 fully saturated rings. The van der Waals surface area contributed by atoms with E-state index in [0.29, 0.717) is 0 Å². The van der Waals surface area contributed by atoms with Crippen molar-refractivity contribution in [3.63, 3.8) is 0 Å². The van der Waals surface area contributed by atoms with Crippen LogP contribution in [0.1, 0.15) is 44.5 Å². The van der Waals surface area contributed by atoms with Crippen molar-refractivity contribution in [1.82, 2.24) is 15.4 Å². The van der Waals surface area contributed by atoms with Crippen molar-refractivity contribution in [3.05, 3.63) is 11.4 Å². The monoisotopic (exact) mass is 219 g/mol. The second-order valence-electron chi connectivity index (χ2n) is 5.94. The zero-order chi connectivity index (χ0) is 11.1. The van der Waals surface area contributed by atoms with Gasteiger partial charge < -0.3 is 0 Å². The van der Waals surface area contributed by atoms with E-state index in [9.17, 15) is 0 Å². The molecule has 0 spiro atoms. The number of aromatic nitrogens is 3. The summed E-state index contributed by atoms with van der Waals surface area (Å²) >= 11 is 0. The molecule has 1 aromatic heterocycles. The van der Waals surface area contributed by atoms with Gasteiger partial charge in [0.1, 0.15) is 0 Å². The zero-order valence-electron chi connectivity index (χ0n) is 10.2. The summed E-state index contributed by atoms with van der Waals surface area (Å²) in [5, 5.41) is 11.2. The Balaban J connectivity index is 1.66. The lowest BCUT2D eigenvalue weighted by Gasteiger charge is -2.05. The number of rotatable bonds is 2. The molecule has 1 aromatic rings. The summed E-state index contributed by atoms with van der Waals surface area (Å²) < 4.78 is 0. The van der Waals surface area contributed by atoms with Crippen LogP contribution in [0, 0.1) is 23.7 Å². The van der Waals surface area contributed by atoms with Crippen LogP contribution in [0.3, 0.4) is 0 Å². The highest BCUT2D eigenvalue weighted by atomic mass is 15.3. The summed E-state index contributed by atoms with van der Waals surface area (Å²) in [6.07, 6.45) is 6.41. The lowest BCUT2D eigenvalue weighted by Crippen LogP contribution is -2.00. The Morgan fingerprint density at radius 2 is 2.00 bits per heavy atom. The van der Waals surface area contributed by atoms with Crippen molar-refractivity contribution in [1.29, 1.82) is 0 Å². The molecule has 0 bridgehead atoms. The van der Waals surface area contributed by atoms with E-state index in [1.54, 1.807) is 0 Å². The van der Waals surface area contributed by atoms with Gasteiger partial charge in [-0.15, -0.1) is 5.10 Å². The maximum atomic E-state index is 4.19. The molecule has 3 rings (SSSR count). The van der Waals surface area contributed by atoms with Crippen molar-refractivity contribution in [3.8, 4) is 0 Å². The summed E-state index contributed by atoms with van der Waals surface area (Å²) in [4.78, 5) is 0. The third-order valence-electron chi connectivity index (χ3n) is 4.40. The highest BCUT2D eigenvalue weighted by molar-refractivity contribution is 5.13. The average Bonchev–Trinajstić information content (AvgIpc) is 2.66. The zero-order valence-corrected chi connectivity index (χ0v) is 10.2. The van der Waals surface area contributed by atoms with Crippen LogP contribution in [-0.2, 0) is 12.8 Å². The number of fused-ring (bicyclic) bond motifs is 2. The van der Waals surface area contributed by atoms with E-state index in [2.05, 4.69) is 29.3 Å². The average molecular weight is 219 g/mol. The maximum Gasteiger partial charge on any atom is 0.0856 e. The second-order valence-corrected chi connectivity index (χ2v) is 5.94. The number of hydrogen-bond donors (Lipinski definition) is 1. The molecule has 0 aliphatic heterocycles. The first kappa shape index (κ1) is 10.3. The van der Waals surface area contributed by atoms with Crippen LogP contribution in [0.25, 0.3) is 0 Å². The molecule has 2 unspecified atom stereocenters. The first-order chi connectivity index (χ1) is 7.75. The highest BCUT2D eigenvalue weighted by Gasteiger charge is 2.49. The first-order valence-electron chi connectivity index (χ1n) is 6.64. The number of aromatic amines is 1. The van der Waals surface area contributed by atoms with E-state index in [-0.39, 0.29) is 0 Å². The summed E-state index contributed by atoms with van der Waals surface area (Å²) in [6.45, 7) is 4.69. The quantitative estimate of drug-likeness (QED) is 0.830. The van der Waals surface area contributed by atoms with Crippen LogP contribution in [0.15, 0.2) is 0 Å². The molecule has 2 aliphatic carbocycles. The Kier molecular flexibility index (Phi) is 2.49. The maximum absolute atomic E-state index is 4.19. The van der Waals surface area contributed by atoms with Gasteiger partial charge in [0.2, 0.25) is 0 Å². The number of nitrogens with one attached hydrogen (secondary N) is 1. The topological polar surface area (TPSA) is 41.6 Å². The van der Waals surface area contributed by atoms with Crippen LogP contribution in [0.5, 0.6) is 0 Å². The van der Waals surface area contributed by atoms with E-state index in [0.717, 1.165) is 36.5 Å². The summed E-state index contributed by atoms with van der Waals surface area (Å²) in [7, 11) is 0. The summed E-state index contributed by atoms with van der Waals surface area (Å²) in [6, 6.07) is 0. The summed E-state index contributed by atoms with van der Waals surface area (Å²) in [5.74, 6) is 3.86. The molecule has 0 radical (unpaired) electrons. The van der Waals surface area contributed by atoms with E-state index in [4.69, 9.17) is 0 Å². The van der Waals surface area contributed by atoms with Crippen molar-refractivity contribution in [2.24, 2.45) is 23.7 Å². The van der Waals surface area contributed by atoms with E-state index in [1.165, 1.54) is 30.7 Å². The van der Waals surface area contributed by atoms with Gasteiger partial charge in [-0.3, -0.25) is 5.10 Å². The van der Waals surface area contributed by atoms with E-state index >= 15 is 0 Å². The minimum Gasteiger partial charge on any atom is -0.262 e. The van der Waals surface area contributed by atoms with Crippen LogP contribution < -0.4 is 0 Å². The Hall–Kier alpha value is -0.860. The molecule has 3 nitrogen and oxygen atoms in total. The first-order valence-corrected chi connectivity index (χ1v) is 6.64. The molecule has 88 valence electrons.